The number of nitrogens with zero attached hydrogens (tertiary/aromatic N) is 1. The van der Waals surface area contributed by atoms with E-state index in [1.807, 2.05) is 19.1 Å². The van der Waals surface area contributed by atoms with Crippen LogP contribution in [-0.2, 0) is 4.79 Å². The average Bonchev–Trinajstić information content (AvgIpc) is 2.59. The molecule has 1 amide bonds. The molecule has 0 saturated heterocycles. The van der Waals surface area contributed by atoms with Crippen LogP contribution in [0.3, 0.4) is 0 Å². The van der Waals surface area contributed by atoms with E-state index < -0.39 is 0 Å². The van der Waals surface area contributed by atoms with E-state index in [4.69, 9.17) is 4.74 Å². The number of benzene rings is 2. The van der Waals surface area contributed by atoms with Crippen LogP contribution in [0.25, 0.3) is 0 Å². The van der Waals surface area contributed by atoms with E-state index >= 15 is 0 Å². The second-order valence-corrected chi connectivity index (χ2v) is 7.28. The highest BCUT2D eigenvalue weighted by Crippen LogP contribution is 2.34. The highest BCUT2D eigenvalue weighted by atomic mass is 79.9. The summed E-state index contributed by atoms with van der Waals surface area (Å²) < 4.78 is 5.56. The lowest BCUT2D eigenvalue weighted by atomic mass is 10.2. The summed E-state index contributed by atoms with van der Waals surface area (Å²) in [6.45, 7) is 2.04. The van der Waals surface area contributed by atoms with Gasteiger partial charge in [-0.3, -0.25) is 4.79 Å². The van der Waals surface area contributed by atoms with Crippen molar-refractivity contribution in [2.45, 2.75) is 18.2 Å². The van der Waals surface area contributed by atoms with Crippen LogP contribution in [0.15, 0.2) is 50.9 Å². The third-order valence-electron chi connectivity index (χ3n) is 3.29. The Bertz CT molecular complexity index is 764. The van der Waals surface area contributed by atoms with E-state index in [2.05, 4.69) is 38.6 Å². The molecule has 0 aromatic heterocycles. The molecule has 2 N–H and O–H groups in total. The first-order valence-electron chi connectivity index (χ1n) is 7.57. The standard InChI is InChI=1S/C18H19BrN2O3S/c1-12-3-5-14(6-4-12)25-8-7-17(22)21-20-11-13-9-15(19)18(23)16(10-13)24-2/h3-6,9-11,23H,7-8H2,1-2H3,(H,21,22)/b20-11-. The van der Waals surface area contributed by atoms with Gasteiger partial charge in [-0.25, -0.2) is 5.43 Å². The van der Waals surface area contributed by atoms with Crippen molar-refractivity contribution in [2.75, 3.05) is 12.9 Å². The Balaban J connectivity index is 1.80. The van der Waals surface area contributed by atoms with Gasteiger partial charge in [0, 0.05) is 17.1 Å². The SMILES string of the molecule is COc1cc(/C=N\NC(=O)CCSc2ccc(C)cc2)cc(Br)c1O. The fourth-order valence-corrected chi connectivity index (χ4v) is 3.27. The zero-order valence-electron chi connectivity index (χ0n) is 14.0. The van der Waals surface area contributed by atoms with Gasteiger partial charge in [0.05, 0.1) is 17.8 Å². The zero-order chi connectivity index (χ0) is 18.2. The molecular formula is C18H19BrN2O3S. The lowest BCUT2D eigenvalue weighted by molar-refractivity contribution is -0.120. The molecular weight excluding hydrogens is 404 g/mol. The molecule has 2 aromatic carbocycles. The maximum Gasteiger partial charge on any atom is 0.240 e. The number of carbonyl (C=O) groups is 1. The van der Waals surface area contributed by atoms with Crippen LogP contribution in [0.5, 0.6) is 11.5 Å². The summed E-state index contributed by atoms with van der Waals surface area (Å²) in [5.41, 5.74) is 4.40. The predicted molar refractivity (Wildman–Crippen MR) is 105 cm³/mol. The number of nitrogens with one attached hydrogen (secondary N) is 1. The molecule has 0 aliphatic heterocycles. The number of aryl methyl sites for hydroxylation is 1. The third kappa shape index (κ3) is 6.10. The number of hydrazone groups is 1. The van der Waals surface area contributed by atoms with Crippen LogP contribution in [0.1, 0.15) is 17.5 Å². The van der Waals surface area contributed by atoms with Gasteiger partial charge in [-0.05, 0) is 52.7 Å². The fraction of sp³-hybridized carbons (Fsp3) is 0.222. The van der Waals surface area contributed by atoms with Crippen molar-refractivity contribution in [2.24, 2.45) is 5.10 Å². The topological polar surface area (TPSA) is 70.9 Å². The average molecular weight is 423 g/mol. The van der Waals surface area contributed by atoms with Crippen LogP contribution in [0.2, 0.25) is 0 Å². The molecule has 0 atom stereocenters. The smallest absolute Gasteiger partial charge is 0.240 e. The number of thioether (sulfide) groups is 1. The van der Waals surface area contributed by atoms with Crippen molar-refractivity contribution < 1.29 is 14.6 Å². The minimum atomic E-state index is -0.152. The summed E-state index contributed by atoms with van der Waals surface area (Å²) in [5, 5.41) is 13.7. The minimum absolute atomic E-state index is 0.0248. The van der Waals surface area contributed by atoms with Gasteiger partial charge in [0.15, 0.2) is 11.5 Å². The van der Waals surface area contributed by atoms with Crippen molar-refractivity contribution in [1.29, 1.82) is 0 Å². The molecule has 2 aromatic rings. The highest BCUT2D eigenvalue weighted by Gasteiger charge is 2.07. The van der Waals surface area contributed by atoms with Crippen LogP contribution >= 0.6 is 27.7 Å². The molecule has 0 bridgehead atoms. The van der Waals surface area contributed by atoms with Gasteiger partial charge in [-0.2, -0.15) is 5.10 Å². The maximum atomic E-state index is 11.8. The molecule has 0 fully saturated rings. The number of hydrogen-bond donors (Lipinski definition) is 2. The first-order valence-corrected chi connectivity index (χ1v) is 9.35. The molecule has 0 heterocycles. The first kappa shape index (κ1) is 19.3. The largest absolute Gasteiger partial charge is 0.503 e. The van der Waals surface area contributed by atoms with Crippen LogP contribution in [0.4, 0.5) is 0 Å². The van der Waals surface area contributed by atoms with Gasteiger partial charge in [-0.1, -0.05) is 17.7 Å². The van der Waals surface area contributed by atoms with Crippen molar-refractivity contribution in [3.63, 3.8) is 0 Å². The molecule has 0 radical (unpaired) electrons. The monoisotopic (exact) mass is 422 g/mol. The molecule has 0 spiro atoms. The zero-order valence-corrected chi connectivity index (χ0v) is 16.4. The number of hydrogen-bond acceptors (Lipinski definition) is 5. The van der Waals surface area contributed by atoms with E-state index in [9.17, 15) is 9.90 Å². The third-order valence-corrected chi connectivity index (χ3v) is 4.91. The Labute approximate surface area is 159 Å². The number of phenolic OH excluding ortho intramolecular Hbond substituents is 1. The number of halogens is 1. The predicted octanol–water partition coefficient (Wildman–Crippen LogP) is 4.10. The van der Waals surface area contributed by atoms with Crippen molar-refractivity contribution in [1.82, 2.24) is 5.43 Å². The van der Waals surface area contributed by atoms with Gasteiger partial charge >= 0.3 is 0 Å². The van der Waals surface area contributed by atoms with Crippen molar-refractivity contribution in [3.05, 3.63) is 52.0 Å². The van der Waals surface area contributed by atoms with Gasteiger partial charge < -0.3 is 9.84 Å². The quantitative estimate of drug-likeness (QED) is 0.400. The Morgan fingerprint density at radius 2 is 2.08 bits per heavy atom. The molecule has 0 aliphatic rings. The number of rotatable bonds is 7. The van der Waals surface area contributed by atoms with E-state index in [1.165, 1.54) is 18.9 Å². The van der Waals surface area contributed by atoms with Gasteiger partial charge in [0.25, 0.3) is 0 Å². The van der Waals surface area contributed by atoms with Crippen molar-refractivity contribution in [3.8, 4) is 11.5 Å². The van der Waals surface area contributed by atoms with Crippen LogP contribution in [-0.4, -0.2) is 30.1 Å². The van der Waals surface area contributed by atoms with Crippen LogP contribution < -0.4 is 10.2 Å². The fourth-order valence-electron chi connectivity index (χ4n) is 1.95. The summed E-state index contributed by atoms with van der Waals surface area (Å²) in [6.07, 6.45) is 1.87. The number of carbonyl (C=O) groups excluding carboxylic acids is 1. The second-order valence-electron chi connectivity index (χ2n) is 5.26. The van der Waals surface area contributed by atoms with Gasteiger partial charge in [-0.15, -0.1) is 11.8 Å². The van der Waals surface area contributed by atoms with E-state index in [1.54, 1.807) is 23.9 Å². The molecule has 5 nitrogen and oxygen atoms in total. The number of ether oxygens (including phenoxy) is 1. The Hall–Kier alpha value is -1.99. The molecule has 25 heavy (non-hydrogen) atoms. The molecule has 132 valence electrons. The lowest BCUT2D eigenvalue weighted by Crippen LogP contribution is -2.17. The Morgan fingerprint density at radius 1 is 1.36 bits per heavy atom. The minimum Gasteiger partial charge on any atom is -0.503 e. The molecule has 0 aliphatic carbocycles. The van der Waals surface area contributed by atoms with Gasteiger partial charge in [0.1, 0.15) is 0 Å². The number of aromatic hydroxyl groups is 1. The number of amides is 1. The molecule has 0 saturated carbocycles. The number of phenols is 1. The number of methoxy groups -OCH3 is 1. The van der Waals surface area contributed by atoms with E-state index in [0.29, 0.717) is 28.0 Å². The van der Waals surface area contributed by atoms with Crippen molar-refractivity contribution >= 4 is 39.8 Å². The summed E-state index contributed by atoms with van der Waals surface area (Å²) in [4.78, 5) is 13.0. The lowest BCUT2D eigenvalue weighted by Gasteiger charge is -2.06. The second kappa shape index (κ2) is 9.48. The first-order chi connectivity index (χ1) is 12.0. The summed E-state index contributed by atoms with van der Waals surface area (Å²) in [5.74, 6) is 0.886. The highest BCUT2D eigenvalue weighted by molar-refractivity contribution is 9.10. The summed E-state index contributed by atoms with van der Waals surface area (Å²) >= 11 is 4.87. The maximum absolute atomic E-state index is 11.8. The van der Waals surface area contributed by atoms with E-state index in [0.717, 1.165) is 4.90 Å². The Kier molecular flexibility index (Phi) is 7.33. The summed E-state index contributed by atoms with van der Waals surface area (Å²) in [6, 6.07) is 11.5. The Morgan fingerprint density at radius 3 is 2.76 bits per heavy atom. The van der Waals surface area contributed by atoms with E-state index in [-0.39, 0.29) is 11.7 Å². The normalized spacial score (nSPS) is 10.8. The summed E-state index contributed by atoms with van der Waals surface area (Å²) in [7, 11) is 1.47. The van der Waals surface area contributed by atoms with Gasteiger partial charge in [0.2, 0.25) is 5.91 Å². The molecule has 0 unspecified atom stereocenters. The molecule has 7 heteroatoms. The molecule has 2 rings (SSSR count). The van der Waals surface area contributed by atoms with Crippen LogP contribution in [0, 0.1) is 6.92 Å².